The third-order valence-electron chi connectivity index (χ3n) is 5.29. The number of amides is 1. The Morgan fingerprint density at radius 1 is 0.828 bits per heavy atom. The highest BCUT2D eigenvalue weighted by Crippen LogP contribution is 2.44. The van der Waals surface area contributed by atoms with Crippen LogP contribution in [0.15, 0.2) is 89.4 Å². The Kier molecular flexibility index (Phi) is 4.57. The lowest BCUT2D eigenvalue weighted by molar-refractivity contribution is -0.116. The van der Waals surface area contributed by atoms with Gasteiger partial charge in [0.1, 0.15) is 11.5 Å². The van der Waals surface area contributed by atoms with Crippen molar-refractivity contribution in [3.8, 4) is 11.5 Å². The third-order valence-corrected chi connectivity index (χ3v) is 5.95. The molecule has 1 N–H and O–H groups in total. The molecule has 4 heteroatoms. The van der Waals surface area contributed by atoms with Gasteiger partial charge in [-0.1, -0.05) is 70.5 Å². The second-order valence-corrected chi connectivity index (χ2v) is 8.02. The van der Waals surface area contributed by atoms with E-state index in [2.05, 4.69) is 45.5 Å². The second-order valence-electron chi connectivity index (χ2n) is 7.16. The first-order chi connectivity index (χ1) is 14.2. The van der Waals surface area contributed by atoms with Crippen LogP contribution in [0.2, 0.25) is 0 Å². The number of hydrogen-bond donors (Lipinski definition) is 1. The van der Waals surface area contributed by atoms with Crippen LogP contribution in [0.4, 0.5) is 5.69 Å². The maximum atomic E-state index is 12.6. The molecule has 0 saturated carbocycles. The van der Waals surface area contributed by atoms with Crippen LogP contribution in [0.5, 0.6) is 11.5 Å². The van der Waals surface area contributed by atoms with Crippen molar-refractivity contribution in [3.63, 3.8) is 0 Å². The van der Waals surface area contributed by atoms with Crippen molar-refractivity contribution in [2.24, 2.45) is 0 Å². The van der Waals surface area contributed by atoms with E-state index in [1.54, 1.807) is 0 Å². The average molecular weight is 444 g/mol. The molecule has 5 rings (SSSR count). The fourth-order valence-electron chi connectivity index (χ4n) is 3.97. The molecule has 4 aromatic carbocycles. The van der Waals surface area contributed by atoms with Crippen LogP contribution >= 0.6 is 15.9 Å². The molecule has 1 atom stereocenters. The average Bonchev–Trinajstić information content (AvgIpc) is 2.75. The largest absolute Gasteiger partial charge is 0.457 e. The molecule has 4 aromatic rings. The van der Waals surface area contributed by atoms with Gasteiger partial charge in [-0.3, -0.25) is 4.79 Å². The number of fused-ring (bicyclic) bond motifs is 3. The van der Waals surface area contributed by atoms with Gasteiger partial charge in [0.2, 0.25) is 5.91 Å². The van der Waals surface area contributed by atoms with Crippen LogP contribution in [-0.2, 0) is 4.79 Å². The molecule has 0 fully saturated rings. The Bertz CT molecular complexity index is 1220. The van der Waals surface area contributed by atoms with Crippen LogP contribution < -0.4 is 10.1 Å². The highest BCUT2D eigenvalue weighted by atomic mass is 79.9. The zero-order chi connectivity index (χ0) is 19.8. The molecule has 0 spiro atoms. The fraction of sp³-hybridized carbons (Fsp3) is 0.0800. The Balaban J connectivity index is 1.59. The van der Waals surface area contributed by atoms with Crippen molar-refractivity contribution in [1.82, 2.24) is 0 Å². The third kappa shape index (κ3) is 3.40. The molecule has 0 bridgehead atoms. The van der Waals surface area contributed by atoms with Crippen molar-refractivity contribution in [2.75, 3.05) is 5.32 Å². The molecular formula is C25H18BrNO2. The minimum absolute atomic E-state index is 0.0287. The Morgan fingerprint density at radius 3 is 2.38 bits per heavy atom. The molecule has 0 unspecified atom stereocenters. The lowest BCUT2D eigenvalue weighted by Gasteiger charge is -2.28. The van der Waals surface area contributed by atoms with Gasteiger partial charge in [0.05, 0.1) is 5.69 Å². The number of carbonyl (C=O) groups excluding carboxylic acids is 1. The molecule has 142 valence electrons. The van der Waals surface area contributed by atoms with E-state index in [1.165, 1.54) is 0 Å². The summed E-state index contributed by atoms with van der Waals surface area (Å²) >= 11 is 3.71. The summed E-state index contributed by atoms with van der Waals surface area (Å²) in [6.45, 7) is 0. The molecule has 1 aliphatic heterocycles. The number of hydrogen-bond acceptors (Lipinski definition) is 2. The van der Waals surface area contributed by atoms with E-state index in [-0.39, 0.29) is 11.8 Å². The maximum Gasteiger partial charge on any atom is 0.225 e. The Labute approximate surface area is 177 Å². The first-order valence-electron chi connectivity index (χ1n) is 9.53. The second kappa shape index (κ2) is 7.37. The Morgan fingerprint density at radius 2 is 1.55 bits per heavy atom. The van der Waals surface area contributed by atoms with Crippen LogP contribution in [0.25, 0.3) is 10.8 Å². The van der Waals surface area contributed by atoms with Crippen molar-refractivity contribution >= 4 is 38.3 Å². The fourth-order valence-corrected chi connectivity index (χ4v) is 4.56. The van der Waals surface area contributed by atoms with Gasteiger partial charge in [-0.25, -0.2) is 0 Å². The summed E-state index contributed by atoms with van der Waals surface area (Å²) in [4.78, 5) is 12.6. The van der Waals surface area contributed by atoms with Crippen molar-refractivity contribution in [2.45, 2.75) is 12.3 Å². The number of nitrogens with one attached hydrogen (secondary N) is 1. The standard InChI is InChI=1S/C25H18BrNO2/c26-23-14-22-21(15-24(28)27-25(22)20-12-5-4-11-19(20)23)16-7-6-10-18(13-16)29-17-8-2-1-3-9-17/h1-14,21H,15H2,(H,27,28)/t21-/m1/s1. The predicted octanol–water partition coefficient (Wildman–Crippen LogP) is 6.87. The number of benzene rings is 4. The van der Waals surface area contributed by atoms with E-state index in [1.807, 2.05) is 60.7 Å². The summed E-state index contributed by atoms with van der Waals surface area (Å²) in [5.41, 5.74) is 3.09. The smallest absolute Gasteiger partial charge is 0.225 e. The van der Waals surface area contributed by atoms with Gasteiger partial charge in [-0.15, -0.1) is 0 Å². The molecule has 1 heterocycles. The van der Waals surface area contributed by atoms with E-state index < -0.39 is 0 Å². The molecule has 0 aliphatic carbocycles. The topological polar surface area (TPSA) is 38.3 Å². The van der Waals surface area contributed by atoms with E-state index in [0.29, 0.717) is 6.42 Å². The Hall–Kier alpha value is -3.11. The first kappa shape index (κ1) is 18.0. The zero-order valence-electron chi connectivity index (χ0n) is 15.6. The summed E-state index contributed by atoms with van der Waals surface area (Å²) in [5.74, 6) is 1.56. The van der Waals surface area contributed by atoms with Gasteiger partial charge in [0, 0.05) is 22.2 Å². The SMILES string of the molecule is O=C1C[C@H](c2cccc(Oc3ccccc3)c2)c2cc(Br)c3ccccc3c2N1. The van der Waals surface area contributed by atoms with Gasteiger partial charge in [-0.05, 0) is 46.8 Å². The maximum absolute atomic E-state index is 12.6. The van der Waals surface area contributed by atoms with E-state index >= 15 is 0 Å². The summed E-state index contributed by atoms with van der Waals surface area (Å²) in [6, 6.07) is 28.0. The van der Waals surface area contributed by atoms with Crippen LogP contribution in [0.3, 0.4) is 0 Å². The number of halogens is 1. The molecule has 3 nitrogen and oxygen atoms in total. The van der Waals surface area contributed by atoms with Crippen LogP contribution in [0, 0.1) is 0 Å². The molecule has 1 amide bonds. The first-order valence-corrected chi connectivity index (χ1v) is 10.3. The van der Waals surface area contributed by atoms with Crippen molar-refractivity contribution < 1.29 is 9.53 Å². The number of rotatable bonds is 3. The van der Waals surface area contributed by atoms with Gasteiger partial charge in [-0.2, -0.15) is 0 Å². The lowest BCUT2D eigenvalue weighted by atomic mass is 9.83. The predicted molar refractivity (Wildman–Crippen MR) is 120 cm³/mol. The minimum atomic E-state index is -0.0287. The number of carbonyl (C=O) groups is 1. The van der Waals surface area contributed by atoms with E-state index in [9.17, 15) is 4.79 Å². The molecular weight excluding hydrogens is 426 g/mol. The van der Waals surface area contributed by atoms with Gasteiger partial charge >= 0.3 is 0 Å². The van der Waals surface area contributed by atoms with Gasteiger partial charge in [0.15, 0.2) is 0 Å². The summed E-state index contributed by atoms with van der Waals surface area (Å²) < 4.78 is 7.04. The summed E-state index contributed by atoms with van der Waals surface area (Å²) in [7, 11) is 0. The monoisotopic (exact) mass is 443 g/mol. The number of para-hydroxylation sites is 1. The van der Waals surface area contributed by atoms with Crippen LogP contribution in [-0.4, -0.2) is 5.91 Å². The number of anilines is 1. The molecule has 1 aliphatic rings. The van der Waals surface area contributed by atoms with E-state index in [4.69, 9.17) is 4.74 Å². The van der Waals surface area contributed by atoms with Gasteiger partial charge < -0.3 is 10.1 Å². The van der Waals surface area contributed by atoms with Gasteiger partial charge in [0.25, 0.3) is 0 Å². The highest BCUT2D eigenvalue weighted by Gasteiger charge is 2.29. The summed E-state index contributed by atoms with van der Waals surface area (Å²) in [5, 5.41) is 5.23. The molecule has 0 saturated heterocycles. The highest BCUT2D eigenvalue weighted by molar-refractivity contribution is 9.10. The summed E-state index contributed by atoms with van der Waals surface area (Å²) in [6.07, 6.45) is 0.409. The van der Waals surface area contributed by atoms with E-state index in [0.717, 1.165) is 43.6 Å². The number of ether oxygens (including phenoxy) is 1. The molecule has 29 heavy (non-hydrogen) atoms. The lowest BCUT2D eigenvalue weighted by Crippen LogP contribution is -2.23. The van der Waals surface area contributed by atoms with Crippen LogP contribution in [0.1, 0.15) is 23.5 Å². The quantitative estimate of drug-likeness (QED) is 0.375. The normalized spacial score (nSPS) is 15.6. The van der Waals surface area contributed by atoms with Crippen molar-refractivity contribution in [1.29, 1.82) is 0 Å². The zero-order valence-corrected chi connectivity index (χ0v) is 17.1. The molecule has 0 radical (unpaired) electrons. The minimum Gasteiger partial charge on any atom is -0.457 e. The van der Waals surface area contributed by atoms with Crippen molar-refractivity contribution in [3.05, 3.63) is 101 Å². The molecule has 0 aromatic heterocycles.